The van der Waals surface area contributed by atoms with Gasteiger partial charge in [-0.25, -0.2) is 14.2 Å². The second-order valence-electron chi connectivity index (χ2n) is 12.8. The van der Waals surface area contributed by atoms with Crippen LogP contribution < -0.4 is 15.8 Å². The van der Waals surface area contributed by atoms with E-state index in [9.17, 15) is 24.3 Å². The third kappa shape index (κ3) is 7.61. The average molecular weight is 607 g/mol. The number of aryl methyl sites for hydroxylation is 2. The highest BCUT2D eigenvalue weighted by Crippen LogP contribution is 2.25. The number of hydrogen-bond donors (Lipinski definition) is 2. The predicted molar refractivity (Wildman–Crippen MR) is 166 cm³/mol. The van der Waals surface area contributed by atoms with Crippen LogP contribution in [0, 0.1) is 42.8 Å². The summed E-state index contributed by atoms with van der Waals surface area (Å²) >= 11 is 0. The lowest BCUT2D eigenvalue weighted by Crippen LogP contribution is -2.49. The molecule has 0 bridgehead atoms. The number of ether oxygens (including phenoxy) is 1. The third-order valence-corrected chi connectivity index (χ3v) is 7.13. The van der Waals surface area contributed by atoms with Crippen LogP contribution in [0.4, 0.5) is 10.1 Å². The first-order valence-corrected chi connectivity index (χ1v) is 14.0. The summed E-state index contributed by atoms with van der Waals surface area (Å²) in [6, 6.07) is 6.22. The van der Waals surface area contributed by atoms with Gasteiger partial charge in [-0.3, -0.25) is 19.0 Å². The molecule has 0 aliphatic heterocycles. The van der Waals surface area contributed by atoms with E-state index in [1.807, 2.05) is 6.92 Å². The highest BCUT2D eigenvalue weighted by atomic mass is 19.1. The first-order chi connectivity index (χ1) is 20.3. The minimum atomic E-state index is -1.23. The molecule has 44 heavy (non-hydrogen) atoms. The molecule has 234 valence electrons. The summed E-state index contributed by atoms with van der Waals surface area (Å²) in [6.45, 7) is 13.7. The van der Waals surface area contributed by atoms with Gasteiger partial charge in [-0.05, 0) is 81.5 Å². The molecule has 0 radical (unpaired) electrons. The number of aliphatic carboxylic acids is 1. The zero-order valence-corrected chi connectivity index (χ0v) is 26.4. The number of rotatable bonds is 9. The van der Waals surface area contributed by atoms with Crippen molar-refractivity contribution in [3.05, 3.63) is 69.0 Å². The number of carboxylic acid groups (broad SMARTS) is 1. The summed E-state index contributed by atoms with van der Waals surface area (Å²) in [7, 11) is 0. The molecule has 0 aliphatic carbocycles. The van der Waals surface area contributed by atoms with Gasteiger partial charge < -0.3 is 20.1 Å². The number of halogens is 1. The summed E-state index contributed by atoms with van der Waals surface area (Å²) < 4.78 is 21.9. The van der Waals surface area contributed by atoms with Crippen molar-refractivity contribution in [1.29, 1.82) is 0 Å². The molecule has 1 amide bonds. The maximum Gasteiger partial charge on any atom is 0.326 e. The molecule has 3 rings (SSSR count). The summed E-state index contributed by atoms with van der Waals surface area (Å²) in [5.74, 6) is -0.427. The van der Waals surface area contributed by atoms with Gasteiger partial charge in [0.05, 0.1) is 28.4 Å². The van der Waals surface area contributed by atoms with Crippen LogP contribution in [0.5, 0.6) is 0 Å². The Kier molecular flexibility index (Phi) is 9.88. The second kappa shape index (κ2) is 12.9. The van der Waals surface area contributed by atoms with E-state index in [1.54, 1.807) is 65.5 Å². The number of hydrogen-bond acceptors (Lipinski definition) is 7. The van der Waals surface area contributed by atoms with E-state index in [1.165, 1.54) is 16.7 Å². The zero-order valence-electron chi connectivity index (χ0n) is 26.4. The molecule has 0 unspecified atom stereocenters. The number of carboxylic acids is 1. The number of terminal acetylenes is 1. The number of esters is 1. The molecule has 1 aromatic heterocycles. The molecule has 0 saturated heterocycles. The number of anilines is 1. The normalized spacial score (nSPS) is 12.4. The van der Waals surface area contributed by atoms with Gasteiger partial charge in [0.15, 0.2) is 6.73 Å². The number of amides is 1. The van der Waals surface area contributed by atoms with E-state index in [0.717, 1.165) is 17.2 Å². The van der Waals surface area contributed by atoms with E-state index >= 15 is 4.39 Å². The van der Waals surface area contributed by atoms with Crippen molar-refractivity contribution in [3.63, 3.8) is 0 Å². The molecule has 0 aliphatic rings. The van der Waals surface area contributed by atoms with E-state index in [4.69, 9.17) is 11.2 Å². The number of nitrogens with zero attached hydrogens (tertiary/aromatic N) is 3. The van der Waals surface area contributed by atoms with Crippen molar-refractivity contribution < 1.29 is 28.6 Å². The highest BCUT2D eigenvalue weighted by molar-refractivity contribution is 5.97. The Labute approximate surface area is 256 Å². The quantitative estimate of drug-likeness (QED) is 0.268. The molecule has 10 nitrogen and oxygen atoms in total. The average Bonchev–Trinajstić information content (AvgIpc) is 2.90. The monoisotopic (exact) mass is 606 g/mol. The number of fused-ring (bicyclic) bond motifs is 1. The Bertz CT molecular complexity index is 1710. The summed E-state index contributed by atoms with van der Waals surface area (Å²) in [5, 5.41) is 12.2. The molecule has 1 heterocycles. The summed E-state index contributed by atoms with van der Waals surface area (Å²) in [5.41, 5.74) is 0.194. The van der Waals surface area contributed by atoms with Crippen LogP contribution in [0.3, 0.4) is 0 Å². The fourth-order valence-electron chi connectivity index (χ4n) is 4.49. The van der Waals surface area contributed by atoms with E-state index < -0.39 is 40.5 Å². The molecular formula is C33H39FN4O6. The zero-order chi connectivity index (χ0) is 33.1. The van der Waals surface area contributed by atoms with Gasteiger partial charge in [-0.1, -0.05) is 26.7 Å². The van der Waals surface area contributed by atoms with Crippen LogP contribution in [0.15, 0.2) is 35.1 Å². The van der Waals surface area contributed by atoms with E-state index in [-0.39, 0.29) is 30.9 Å². The Morgan fingerprint density at radius 1 is 1.14 bits per heavy atom. The number of nitrogens with one attached hydrogen (secondary N) is 1. The molecule has 3 aromatic rings. The first kappa shape index (κ1) is 33.8. The van der Waals surface area contributed by atoms with Crippen LogP contribution in [-0.4, -0.2) is 45.1 Å². The lowest BCUT2D eigenvalue weighted by molar-refractivity contribution is -0.157. The number of carbonyl (C=O) groups is 3. The largest absolute Gasteiger partial charge is 0.480 e. The first-order valence-electron chi connectivity index (χ1n) is 14.0. The van der Waals surface area contributed by atoms with Gasteiger partial charge in [0.1, 0.15) is 17.7 Å². The molecule has 1 atom stereocenters. The van der Waals surface area contributed by atoms with Crippen molar-refractivity contribution in [2.24, 2.45) is 10.8 Å². The van der Waals surface area contributed by atoms with Crippen LogP contribution in [-0.2, 0) is 27.6 Å². The van der Waals surface area contributed by atoms with Gasteiger partial charge in [-0.15, -0.1) is 6.42 Å². The van der Waals surface area contributed by atoms with Crippen LogP contribution in [0.2, 0.25) is 0 Å². The van der Waals surface area contributed by atoms with E-state index in [2.05, 4.69) is 16.2 Å². The molecule has 2 aromatic carbocycles. The number of carbonyl (C=O) groups excluding carboxylic acids is 2. The van der Waals surface area contributed by atoms with Crippen molar-refractivity contribution >= 4 is 34.4 Å². The minimum Gasteiger partial charge on any atom is -0.480 e. The van der Waals surface area contributed by atoms with Crippen LogP contribution in [0.1, 0.15) is 68.9 Å². The Hall–Kier alpha value is -4.72. The fourth-order valence-corrected chi connectivity index (χ4v) is 4.49. The summed E-state index contributed by atoms with van der Waals surface area (Å²) in [6.07, 6.45) is 5.63. The Balaban J connectivity index is 1.94. The third-order valence-electron chi connectivity index (χ3n) is 7.13. The molecule has 2 N–H and O–H groups in total. The van der Waals surface area contributed by atoms with Crippen molar-refractivity contribution in [2.75, 3.05) is 11.4 Å². The minimum absolute atomic E-state index is 0.0900. The fraction of sp³-hybridized carbons (Fsp3) is 0.424. The van der Waals surface area contributed by atoms with Crippen molar-refractivity contribution in [1.82, 2.24) is 14.9 Å². The van der Waals surface area contributed by atoms with Gasteiger partial charge in [0.25, 0.3) is 11.5 Å². The molecule has 0 spiro atoms. The maximum absolute atomic E-state index is 15.2. The summed E-state index contributed by atoms with van der Waals surface area (Å²) in [4.78, 5) is 56.4. The van der Waals surface area contributed by atoms with Gasteiger partial charge in [0, 0.05) is 12.2 Å². The smallest absolute Gasteiger partial charge is 0.326 e. The molecule has 11 heteroatoms. The van der Waals surface area contributed by atoms with Crippen LogP contribution in [0.25, 0.3) is 10.9 Å². The number of aromatic nitrogens is 2. The van der Waals surface area contributed by atoms with E-state index in [0.29, 0.717) is 22.4 Å². The molecule has 0 saturated carbocycles. The topological polar surface area (TPSA) is 131 Å². The lowest BCUT2D eigenvalue weighted by Gasteiger charge is -2.28. The Morgan fingerprint density at radius 3 is 2.34 bits per heavy atom. The maximum atomic E-state index is 15.2. The SMILES string of the molecule is C#CCN(Cc1cc2c(=O)n(COC(=O)C(C)(C)C)c(C)nc2cc1C)c1ccc(C(=O)N[C@H](C(=O)O)C(C)(C)C)c(F)c1. The van der Waals surface area contributed by atoms with Gasteiger partial charge >= 0.3 is 11.9 Å². The van der Waals surface area contributed by atoms with Gasteiger partial charge in [0.2, 0.25) is 0 Å². The Morgan fingerprint density at radius 2 is 1.80 bits per heavy atom. The standard InChI is InChI=1S/C33H39FN4O6/c1-10-13-37(22-11-12-23(25(34)16-22)28(39)36-27(30(41)42)32(4,5)6)17-21-15-24-26(14-19(21)2)35-20(3)38(29(24)40)18-44-31(43)33(7,8)9/h1,11-12,14-16,27H,13,17-18H2,2-9H3,(H,36,39)(H,41,42)/t27-/m1/s1. The molecular weight excluding hydrogens is 567 g/mol. The molecule has 0 fully saturated rings. The van der Waals surface area contributed by atoms with Crippen molar-refractivity contribution in [2.45, 2.75) is 74.7 Å². The second-order valence-corrected chi connectivity index (χ2v) is 12.8. The van der Waals surface area contributed by atoms with Gasteiger partial charge in [-0.2, -0.15) is 0 Å². The van der Waals surface area contributed by atoms with Crippen molar-refractivity contribution in [3.8, 4) is 12.3 Å². The lowest BCUT2D eigenvalue weighted by atomic mass is 9.86. The number of benzene rings is 2. The van der Waals surface area contributed by atoms with Crippen LogP contribution >= 0.6 is 0 Å². The highest BCUT2D eigenvalue weighted by Gasteiger charge is 2.33. The predicted octanol–water partition coefficient (Wildman–Crippen LogP) is 4.57.